The number of rotatable bonds is 8. The van der Waals surface area contributed by atoms with Crippen LogP contribution in [0.5, 0.6) is 11.5 Å². The third-order valence-electron chi connectivity index (χ3n) is 5.12. The van der Waals surface area contributed by atoms with E-state index < -0.39 is 5.91 Å². The molecule has 0 spiro atoms. The SMILES string of the molecule is CCOc1cc(/C=C2\SC(=O)N(Cc3c(Cl)cccc3Cl)C2=O)ccc1OCc1ccc(Br)cc1. The largest absolute Gasteiger partial charge is 0.490 e. The molecule has 5 nitrogen and oxygen atoms in total. The standard InChI is InChI=1S/C26H20BrCl2NO4S/c1-2-33-23-12-17(8-11-22(23)34-15-16-6-9-18(27)10-7-16)13-24-25(31)30(26(32)35-24)14-19-20(28)4-3-5-21(19)29/h3-13H,2,14-15H2,1H3/b24-13-. The van der Waals surface area contributed by atoms with Gasteiger partial charge in [0.05, 0.1) is 18.1 Å². The number of benzene rings is 3. The van der Waals surface area contributed by atoms with E-state index in [1.165, 1.54) is 0 Å². The normalized spacial score (nSPS) is 14.6. The lowest BCUT2D eigenvalue weighted by molar-refractivity contribution is -0.123. The number of hydrogen-bond donors (Lipinski definition) is 0. The first-order chi connectivity index (χ1) is 16.9. The first-order valence-electron chi connectivity index (χ1n) is 10.7. The summed E-state index contributed by atoms with van der Waals surface area (Å²) in [5, 5.41) is 0.429. The van der Waals surface area contributed by atoms with Crippen LogP contribution in [0, 0.1) is 0 Å². The summed E-state index contributed by atoms with van der Waals surface area (Å²) in [6.07, 6.45) is 1.67. The number of ether oxygens (including phenoxy) is 2. The third kappa shape index (κ3) is 6.22. The molecule has 2 amide bonds. The maximum Gasteiger partial charge on any atom is 0.293 e. The molecule has 1 fully saturated rings. The van der Waals surface area contributed by atoms with E-state index in [-0.39, 0.29) is 11.8 Å². The molecular weight excluding hydrogens is 573 g/mol. The number of carbonyl (C=O) groups is 2. The zero-order valence-electron chi connectivity index (χ0n) is 18.6. The Labute approximate surface area is 226 Å². The minimum Gasteiger partial charge on any atom is -0.490 e. The van der Waals surface area contributed by atoms with Gasteiger partial charge in [0, 0.05) is 20.1 Å². The second kappa shape index (κ2) is 11.5. The van der Waals surface area contributed by atoms with Gasteiger partial charge in [-0.2, -0.15) is 0 Å². The van der Waals surface area contributed by atoms with E-state index in [4.69, 9.17) is 32.7 Å². The van der Waals surface area contributed by atoms with Crippen LogP contribution >= 0.6 is 50.9 Å². The van der Waals surface area contributed by atoms with E-state index in [0.29, 0.717) is 50.8 Å². The minimum atomic E-state index is -0.399. The number of halogens is 3. The van der Waals surface area contributed by atoms with Gasteiger partial charge in [-0.3, -0.25) is 14.5 Å². The van der Waals surface area contributed by atoms with Crippen molar-refractivity contribution in [2.45, 2.75) is 20.1 Å². The molecule has 9 heteroatoms. The molecule has 180 valence electrons. The summed E-state index contributed by atoms with van der Waals surface area (Å²) in [5.41, 5.74) is 2.27. The highest BCUT2D eigenvalue weighted by Crippen LogP contribution is 2.37. The molecule has 0 N–H and O–H groups in total. The molecule has 1 aliphatic heterocycles. The quantitative estimate of drug-likeness (QED) is 0.248. The molecule has 0 aromatic heterocycles. The second-order valence-corrected chi connectivity index (χ2v) is 10.2. The lowest BCUT2D eigenvalue weighted by Crippen LogP contribution is -2.27. The van der Waals surface area contributed by atoms with E-state index in [1.807, 2.05) is 37.3 Å². The molecule has 0 radical (unpaired) electrons. The van der Waals surface area contributed by atoms with E-state index in [0.717, 1.165) is 26.7 Å². The van der Waals surface area contributed by atoms with Crippen molar-refractivity contribution in [2.75, 3.05) is 6.61 Å². The number of hydrogen-bond acceptors (Lipinski definition) is 5. The van der Waals surface area contributed by atoms with Crippen molar-refractivity contribution in [3.8, 4) is 11.5 Å². The Balaban J connectivity index is 1.52. The number of imide groups is 1. The van der Waals surface area contributed by atoms with Crippen molar-refractivity contribution < 1.29 is 19.1 Å². The first-order valence-corrected chi connectivity index (χ1v) is 13.0. The Morgan fingerprint density at radius 1 is 0.971 bits per heavy atom. The Morgan fingerprint density at radius 3 is 2.37 bits per heavy atom. The third-order valence-corrected chi connectivity index (χ3v) is 7.27. The topological polar surface area (TPSA) is 55.8 Å². The molecule has 35 heavy (non-hydrogen) atoms. The van der Waals surface area contributed by atoms with Crippen molar-refractivity contribution in [3.05, 3.63) is 96.8 Å². The fraction of sp³-hybridized carbons (Fsp3) is 0.154. The second-order valence-electron chi connectivity index (χ2n) is 7.52. The Morgan fingerprint density at radius 2 is 1.69 bits per heavy atom. The fourth-order valence-electron chi connectivity index (χ4n) is 3.37. The van der Waals surface area contributed by atoms with E-state index >= 15 is 0 Å². The van der Waals surface area contributed by atoms with Gasteiger partial charge in [0.2, 0.25) is 0 Å². The van der Waals surface area contributed by atoms with Gasteiger partial charge in [-0.05, 0) is 72.3 Å². The molecule has 3 aromatic carbocycles. The molecule has 0 bridgehead atoms. The van der Waals surface area contributed by atoms with E-state index in [9.17, 15) is 9.59 Å². The predicted octanol–water partition coefficient (Wildman–Crippen LogP) is 7.97. The molecular formula is C26H20BrCl2NO4S. The van der Waals surface area contributed by atoms with Crippen LogP contribution in [0.4, 0.5) is 4.79 Å². The van der Waals surface area contributed by atoms with Crippen LogP contribution in [0.2, 0.25) is 10.0 Å². The van der Waals surface area contributed by atoms with Gasteiger partial charge in [-0.25, -0.2) is 0 Å². The van der Waals surface area contributed by atoms with Crippen LogP contribution < -0.4 is 9.47 Å². The minimum absolute atomic E-state index is 0.00748. The van der Waals surface area contributed by atoms with Crippen molar-refractivity contribution in [1.29, 1.82) is 0 Å². The summed E-state index contributed by atoms with van der Waals surface area (Å²) in [4.78, 5) is 27.0. The molecule has 0 aliphatic carbocycles. The van der Waals surface area contributed by atoms with Crippen molar-refractivity contribution in [2.24, 2.45) is 0 Å². The maximum absolute atomic E-state index is 13.0. The van der Waals surface area contributed by atoms with Crippen LogP contribution in [0.25, 0.3) is 6.08 Å². The molecule has 1 heterocycles. The van der Waals surface area contributed by atoms with Crippen LogP contribution in [0.3, 0.4) is 0 Å². The molecule has 3 aromatic rings. The van der Waals surface area contributed by atoms with Gasteiger partial charge in [-0.1, -0.05) is 63.4 Å². The highest BCUT2D eigenvalue weighted by molar-refractivity contribution is 9.10. The Bertz CT molecular complexity index is 1280. The zero-order chi connectivity index (χ0) is 24.9. The van der Waals surface area contributed by atoms with Crippen molar-refractivity contribution in [3.63, 3.8) is 0 Å². The van der Waals surface area contributed by atoms with Gasteiger partial charge >= 0.3 is 0 Å². The monoisotopic (exact) mass is 591 g/mol. The van der Waals surface area contributed by atoms with Crippen molar-refractivity contribution in [1.82, 2.24) is 4.90 Å². The average molecular weight is 593 g/mol. The lowest BCUT2D eigenvalue weighted by Gasteiger charge is -2.15. The van der Waals surface area contributed by atoms with Gasteiger partial charge < -0.3 is 9.47 Å². The van der Waals surface area contributed by atoms with Crippen LogP contribution in [0.15, 0.2) is 70.0 Å². The Kier molecular flexibility index (Phi) is 8.44. The summed E-state index contributed by atoms with van der Waals surface area (Å²) in [7, 11) is 0. The van der Waals surface area contributed by atoms with E-state index in [1.54, 1.807) is 36.4 Å². The first kappa shape index (κ1) is 25.6. The van der Waals surface area contributed by atoms with Crippen molar-refractivity contribution >= 4 is 68.1 Å². The van der Waals surface area contributed by atoms with Gasteiger partial charge in [-0.15, -0.1) is 0 Å². The summed E-state index contributed by atoms with van der Waals surface area (Å²) in [5.74, 6) is 0.748. The average Bonchev–Trinajstić information content (AvgIpc) is 3.09. The number of amides is 2. The molecule has 0 atom stereocenters. The summed E-state index contributed by atoms with van der Waals surface area (Å²) in [6.45, 7) is 2.73. The summed E-state index contributed by atoms with van der Waals surface area (Å²) in [6, 6.07) is 18.3. The number of carbonyl (C=O) groups excluding carboxylic acids is 2. The highest BCUT2D eigenvalue weighted by Gasteiger charge is 2.35. The number of thioether (sulfide) groups is 1. The van der Waals surface area contributed by atoms with Gasteiger partial charge in [0.15, 0.2) is 11.5 Å². The van der Waals surface area contributed by atoms with E-state index in [2.05, 4.69) is 15.9 Å². The molecule has 1 aliphatic rings. The molecule has 1 saturated heterocycles. The van der Waals surface area contributed by atoms with Crippen LogP contribution in [0.1, 0.15) is 23.6 Å². The van der Waals surface area contributed by atoms with Gasteiger partial charge in [0.1, 0.15) is 6.61 Å². The summed E-state index contributed by atoms with van der Waals surface area (Å²) < 4.78 is 12.7. The highest BCUT2D eigenvalue weighted by atomic mass is 79.9. The fourth-order valence-corrected chi connectivity index (χ4v) is 4.99. The molecule has 4 rings (SSSR count). The smallest absolute Gasteiger partial charge is 0.293 e. The molecule has 0 saturated carbocycles. The molecule has 0 unspecified atom stereocenters. The lowest BCUT2D eigenvalue weighted by atomic mass is 10.1. The zero-order valence-corrected chi connectivity index (χ0v) is 22.5. The Hall–Kier alpha value is -2.45. The predicted molar refractivity (Wildman–Crippen MR) is 144 cm³/mol. The van der Waals surface area contributed by atoms with Crippen LogP contribution in [-0.2, 0) is 17.9 Å². The number of nitrogens with zero attached hydrogens (tertiary/aromatic N) is 1. The van der Waals surface area contributed by atoms with Gasteiger partial charge in [0.25, 0.3) is 11.1 Å². The summed E-state index contributed by atoms with van der Waals surface area (Å²) >= 11 is 16.7. The maximum atomic E-state index is 13.0. The van der Waals surface area contributed by atoms with Crippen LogP contribution in [-0.4, -0.2) is 22.7 Å².